The number of benzene rings is 1. The number of hydrogen-bond acceptors (Lipinski definition) is 5. The van der Waals surface area contributed by atoms with E-state index in [1.165, 1.54) is 0 Å². The summed E-state index contributed by atoms with van der Waals surface area (Å²) in [6, 6.07) is 5.89. The van der Waals surface area contributed by atoms with Gasteiger partial charge in [0.15, 0.2) is 28.8 Å². The molecule has 2 rings (SSSR count). The van der Waals surface area contributed by atoms with Crippen molar-refractivity contribution < 1.29 is 9.47 Å². The summed E-state index contributed by atoms with van der Waals surface area (Å²) in [6.07, 6.45) is 1.86. The predicted molar refractivity (Wildman–Crippen MR) is 81.1 cm³/mol. The highest BCUT2D eigenvalue weighted by Crippen LogP contribution is 2.43. The molecule has 1 aromatic carbocycles. The molecule has 0 fully saturated rings. The van der Waals surface area contributed by atoms with Gasteiger partial charge < -0.3 is 9.47 Å². The van der Waals surface area contributed by atoms with Gasteiger partial charge in [0.05, 0.1) is 14.2 Å². The van der Waals surface area contributed by atoms with Crippen LogP contribution in [0.3, 0.4) is 0 Å². The first-order chi connectivity index (χ1) is 8.99. The molecule has 103 valence electrons. The monoisotopic (exact) mass is 280 g/mol. The van der Waals surface area contributed by atoms with Crippen molar-refractivity contribution in [3.63, 3.8) is 0 Å². The summed E-state index contributed by atoms with van der Waals surface area (Å²) in [5.74, 6) is 1.48. The van der Waals surface area contributed by atoms with E-state index in [1.807, 2.05) is 24.5 Å². The molecule has 1 aliphatic heterocycles. The van der Waals surface area contributed by atoms with Gasteiger partial charge in [0.1, 0.15) is 0 Å². The normalized spacial score (nSPS) is 18.8. The molecule has 0 N–H and O–H groups in total. The summed E-state index contributed by atoms with van der Waals surface area (Å²) < 4.78 is 15.2. The fourth-order valence-electron chi connectivity index (χ4n) is 2.08. The minimum Gasteiger partial charge on any atom is -0.493 e. The number of rotatable bonds is 3. The van der Waals surface area contributed by atoms with E-state index >= 15 is 0 Å². The third kappa shape index (κ3) is 2.66. The van der Waals surface area contributed by atoms with Gasteiger partial charge in [-0.1, -0.05) is 26.8 Å². The lowest BCUT2D eigenvalue weighted by molar-refractivity contribution is 0.353. The number of para-hydroxylation sites is 1. The van der Waals surface area contributed by atoms with Crippen molar-refractivity contribution >= 4 is 24.0 Å². The molecule has 0 bridgehead atoms. The maximum Gasteiger partial charge on any atom is 0.296 e. The molecule has 1 aromatic rings. The molecule has 1 unspecified atom stereocenters. The van der Waals surface area contributed by atoms with E-state index in [0.717, 1.165) is 17.2 Å². The van der Waals surface area contributed by atoms with Gasteiger partial charge in [-0.2, -0.15) is 0 Å². The van der Waals surface area contributed by atoms with Gasteiger partial charge in [-0.05, 0) is 16.5 Å². The van der Waals surface area contributed by atoms with E-state index in [0.29, 0.717) is 0 Å². The van der Waals surface area contributed by atoms with Crippen molar-refractivity contribution in [3.8, 4) is 11.5 Å². The standard InChI is InChI=1S/C14H20N2O2S/c1-14(2,3)13-16(9-15-19-13)10-7-6-8-11(17-4)12(10)18-5/h6-9,13H,1-5H3/q+1. The fraction of sp³-hybridized carbons (Fsp3) is 0.500. The largest absolute Gasteiger partial charge is 0.493 e. The Morgan fingerprint density at radius 2 is 1.95 bits per heavy atom. The average Bonchev–Trinajstić information content (AvgIpc) is 2.86. The van der Waals surface area contributed by atoms with E-state index < -0.39 is 0 Å². The zero-order valence-corrected chi connectivity index (χ0v) is 12.8. The van der Waals surface area contributed by atoms with Gasteiger partial charge in [-0.25, -0.2) is 4.90 Å². The number of methoxy groups -OCH3 is 2. The Hall–Kier alpha value is -1.36. The predicted octanol–water partition coefficient (Wildman–Crippen LogP) is 2.91. The van der Waals surface area contributed by atoms with E-state index in [9.17, 15) is 0 Å². The number of ether oxygens (including phenoxy) is 2. The first-order valence-corrected chi connectivity index (χ1v) is 7.01. The molecule has 0 saturated carbocycles. The highest BCUT2D eigenvalue weighted by atomic mass is 32.2. The van der Waals surface area contributed by atoms with Crippen molar-refractivity contribution in [1.29, 1.82) is 0 Å². The number of nitrogens with zero attached hydrogens (tertiary/aromatic N) is 2. The molecule has 1 aliphatic rings. The lowest BCUT2D eigenvalue weighted by Crippen LogP contribution is -2.38. The Morgan fingerprint density at radius 3 is 2.53 bits per heavy atom. The maximum atomic E-state index is 5.50. The van der Waals surface area contributed by atoms with E-state index in [4.69, 9.17) is 9.47 Å². The Labute approximate surface area is 118 Å². The molecule has 0 aromatic heterocycles. The Kier molecular flexibility index (Phi) is 3.94. The molecule has 0 spiro atoms. The number of anilines is 1. The molecule has 4 nitrogen and oxygen atoms in total. The molecular formula is C14H20N2O2S+. The molecule has 0 saturated heterocycles. The summed E-state index contributed by atoms with van der Waals surface area (Å²) in [6.45, 7) is 6.62. The zero-order valence-electron chi connectivity index (χ0n) is 12.0. The molecule has 19 heavy (non-hydrogen) atoms. The van der Waals surface area contributed by atoms with Gasteiger partial charge in [0, 0.05) is 5.41 Å². The second-order valence-electron chi connectivity index (χ2n) is 5.46. The molecule has 1 heterocycles. The molecule has 1 radical (unpaired) electrons. The quantitative estimate of drug-likeness (QED) is 0.798. The zero-order chi connectivity index (χ0) is 14.0. The highest BCUT2D eigenvalue weighted by Gasteiger charge is 2.43. The van der Waals surface area contributed by atoms with Crippen molar-refractivity contribution in [1.82, 2.24) is 4.40 Å². The number of hydrogen-bond donors (Lipinski definition) is 0. The molecule has 0 aliphatic carbocycles. The van der Waals surface area contributed by atoms with Gasteiger partial charge in [0.25, 0.3) is 6.34 Å². The maximum absolute atomic E-state index is 5.50. The van der Waals surface area contributed by atoms with Crippen LogP contribution in [0.2, 0.25) is 0 Å². The van der Waals surface area contributed by atoms with Crippen LogP contribution >= 0.6 is 11.9 Å². The smallest absolute Gasteiger partial charge is 0.296 e. The van der Waals surface area contributed by atoms with Crippen molar-refractivity contribution in [2.75, 3.05) is 19.1 Å². The van der Waals surface area contributed by atoms with Crippen LogP contribution < -0.4 is 18.8 Å². The molecule has 0 amide bonds. The van der Waals surface area contributed by atoms with Crippen LogP contribution in [0.15, 0.2) is 18.2 Å². The molecular weight excluding hydrogens is 260 g/mol. The SMILES string of the molecule is COc1cccc(N2C=[N+]SC2C(C)(C)C)c1OC. The second-order valence-corrected chi connectivity index (χ2v) is 6.33. The van der Waals surface area contributed by atoms with Crippen LogP contribution in [-0.4, -0.2) is 25.9 Å². The summed E-state index contributed by atoms with van der Waals surface area (Å²) >= 11 is 1.58. The van der Waals surface area contributed by atoms with E-state index in [1.54, 1.807) is 26.2 Å². The van der Waals surface area contributed by atoms with Crippen LogP contribution in [0.25, 0.3) is 0 Å². The topological polar surface area (TPSA) is 35.8 Å². The van der Waals surface area contributed by atoms with E-state index in [2.05, 4.69) is 30.1 Å². The summed E-state index contributed by atoms with van der Waals surface area (Å²) in [7, 11) is 3.31. The Balaban J connectivity index is 2.44. The molecule has 5 heteroatoms. The van der Waals surface area contributed by atoms with Crippen molar-refractivity contribution in [3.05, 3.63) is 18.2 Å². The summed E-state index contributed by atoms with van der Waals surface area (Å²) in [5, 5.41) is 0.244. The third-order valence-electron chi connectivity index (χ3n) is 2.99. The van der Waals surface area contributed by atoms with Crippen molar-refractivity contribution in [2.45, 2.75) is 26.1 Å². The summed E-state index contributed by atoms with van der Waals surface area (Å²) in [5.41, 5.74) is 1.09. The highest BCUT2D eigenvalue weighted by molar-refractivity contribution is 7.98. The minimum atomic E-state index is 0.106. The van der Waals surface area contributed by atoms with Gasteiger partial charge in [0.2, 0.25) is 5.75 Å². The fourth-order valence-corrected chi connectivity index (χ4v) is 2.94. The van der Waals surface area contributed by atoms with Crippen LogP contribution in [0, 0.1) is 5.41 Å². The minimum absolute atomic E-state index is 0.106. The van der Waals surface area contributed by atoms with Crippen LogP contribution in [0.4, 0.5) is 5.69 Å². The first-order valence-electron chi connectivity index (χ1n) is 6.17. The Morgan fingerprint density at radius 1 is 1.21 bits per heavy atom. The van der Waals surface area contributed by atoms with E-state index in [-0.39, 0.29) is 10.8 Å². The lowest BCUT2D eigenvalue weighted by Gasteiger charge is -2.27. The van der Waals surface area contributed by atoms with Crippen LogP contribution in [0.5, 0.6) is 11.5 Å². The first kappa shape index (κ1) is 14.1. The second kappa shape index (κ2) is 5.33. The molecule has 1 atom stereocenters. The van der Waals surface area contributed by atoms with Crippen molar-refractivity contribution in [2.24, 2.45) is 5.41 Å². The summed E-state index contributed by atoms with van der Waals surface area (Å²) in [4.78, 5) is 2.14. The average molecular weight is 280 g/mol. The van der Waals surface area contributed by atoms with Crippen LogP contribution in [0.1, 0.15) is 20.8 Å². The lowest BCUT2D eigenvalue weighted by atomic mass is 9.95. The third-order valence-corrected chi connectivity index (χ3v) is 4.34. The van der Waals surface area contributed by atoms with Gasteiger partial charge >= 0.3 is 0 Å². The Bertz CT molecular complexity index is 483. The van der Waals surface area contributed by atoms with Gasteiger partial charge in [-0.15, -0.1) is 0 Å². The van der Waals surface area contributed by atoms with Gasteiger partial charge in [-0.3, -0.25) is 0 Å². The van der Waals surface area contributed by atoms with Crippen LogP contribution in [-0.2, 0) is 0 Å².